The molecule has 1 aliphatic carbocycles. The molecule has 1 N–H and O–H groups in total. The molecule has 0 spiro atoms. The van der Waals surface area contributed by atoms with Crippen LogP contribution in [0.25, 0.3) is 5.57 Å². The molecule has 138 valence electrons. The maximum absolute atomic E-state index is 6.02. The van der Waals surface area contributed by atoms with E-state index in [1.54, 1.807) is 0 Å². The van der Waals surface area contributed by atoms with Gasteiger partial charge in [-0.15, -0.1) is 5.73 Å². The van der Waals surface area contributed by atoms with Crippen LogP contribution < -0.4 is 5.32 Å². The fourth-order valence-electron chi connectivity index (χ4n) is 3.69. The maximum atomic E-state index is 6.02. The summed E-state index contributed by atoms with van der Waals surface area (Å²) in [5, 5.41) is 7.92. The van der Waals surface area contributed by atoms with Gasteiger partial charge in [-0.1, -0.05) is 0 Å². The van der Waals surface area contributed by atoms with Crippen molar-refractivity contribution >= 4 is 5.57 Å². The number of piperidine rings is 1. The van der Waals surface area contributed by atoms with Gasteiger partial charge in [-0.25, -0.2) is 4.68 Å². The molecule has 1 aromatic rings. The molecule has 26 heavy (non-hydrogen) atoms. The van der Waals surface area contributed by atoms with Crippen molar-refractivity contribution in [3.05, 3.63) is 53.8 Å². The number of aromatic nitrogens is 2. The van der Waals surface area contributed by atoms with Gasteiger partial charge in [-0.05, 0) is 69.0 Å². The normalized spacial score (nSPS) is 26.2. The zero-order chi connectivity index (χ0) is 17.6. The highest BCUT2D eigenvalue weighted by Gasteiger charge is 2.20. The topological polar surface area (TPSA) is 48.3 Å². The highest BCUT2D eigenvalue weighted by atomic mass is 16.5. The van der Waals surface area contributed by atoms with Crippen LogP contribution in [0.1, 0.15) is 44.0 Å². The molecule has 0 bridgehead atoms. The number of allylic oxidation sites excluding steroid dienone is 4. The van der Waals surface area contributed by atoms with Crippen molar-refractivity contribution in [3.8, 4) is 0 Å². The highest BCUT2D eigenvalue weighted by Crippen LogP contribution is 2.27. The van der Waals surface area contributed by atoms with Crippen LogP contribution in [0.4, 0.5) is 0 Å². The molecule has 0 aromatic carbocycles. The van der Waals surface area contributed by atoms with Gasteiger partial charge < -0.3 is 14.8 Å². The lowest BCUT2D eigenvalue weighted by Gasteiger charge is -2.24. The Bertz CT molecular complexity index is 728. The van der Waals surface area contributed by atoms with Crippen LogP contribution in [-0.4, -0.2) is 36.1 Å². The highest BCUT2D eigenvalue weighted by molar-refractivity contribution is 5.72. The van der Waals surface area contributed by atoms with Gasteiger partial charge in [0, 0.05) is 30.8 Å². The molecule has 0 radical (unpaired) electrons. The summed E-state index contributed by atoms with van der Waals surface area (Å²) in [7, 11) is 0. The van der Waals surface area contributed by atoms with E-state index in [1.807, 2.05) is 35.2 Å². The van der Waals surface area contributed by atoms with E-state index in [1.165, 1.54) is 19.3 Å². The Morgan fingerprint density at radius 2 is 2.27 bits per heavy atom. The molecular weight excluding hydrogens is 326 g/mol. The molecule has 1 aromatic heterocycles. The molecule has 2 unspecified atom stereocenters. The quantitative estimate of drug-likeness (QED) is 0.822. The zero-order valence-corrected chi connectivity index (χ0v) is 15.2. The Kier molecular flexibility index (Phi) is 5.70. The van der Waals surface area contributed by atoms with Crippen molar-refractivity contribution in [2.45, 2.75) is 38.3 Å². The third-order valence-electron chi connectivity index (χ3n) is 5.16. The van der Waals surface area contributed by atoms with Crippen molar-refractivity contribution in [1.29, 1.82) is 0 Å². The van der Waals surface area contributed by atoms with E-state index in [-0.39, 0.29) is 6.23 Å². The number of ether oxygens (including phenoxy) is 2. The molecule has 0 saturated carbocycles. The Labute approximate surface area is 155 Å². The predicted octanol–water partition coefficient (Wildman–Crippen LogP) is 3.59. The van der Waals surface area contributed by atoms with Crippen LogP contribution in [0.5, 0.6) is 0 Å². The van der Waals surface area contributed by atoms with Crippen LogP contribution in [0.15, 0.2) is 48.1 Å². The van der Waals surface area contributed by atoms with E-state index >= 15 is 0 Å². The first-order valence-electron chi connectivity index (χ1n) is 9.74. The smallest absolute Gasteiger partial charge is 0.150 e. The van der Waals surface area contributed by atoms with Crippen LogP contribution in [-0.2, 0) is 9.47 Å². The summed E-state index contributed by atoms with van der Waals surface area (Å²) in [4.78, 5) is 0. The molecule has 3 heterocycles. The molecule has 3 aliphatic rings. The van der Waals surface area contributed by atoms with Gasteiger partial charge in [-0.2, -0.15) is 5.10 Å². The van der Waals surface area contributed by atoms with Crippen LogP contribution in [0.2, 0.25) is 0 Å². The van der Waals surface area contributed by atoms with Gasteiger partial charge in [0.05, 0.1) is 12.3 Å². The summed E-state index contributed by atoms with van der Waals surface area (Å²) in [5.74, 6) is 1.49. The Morgan fingerprint density at radius 3 is 3.12 bits per heavy atom. The van der Waals surface area contributed by atoms with Gasteiger partial charge in [0.2, 0.25) is 0 Å². The average molecular weight is 353 g/mol. The van der Waals surface area contributed by atoms with Crippen LogP contribution in [0.3, 0.4) is 0 Å². The Morgan fingerprint density at radius 1 is 1.27 bits per heavy atom. The largest absolute Gasteiger partial charge is 0.493 e. The van der Waals surface area contributed by atoms with Crippen LogP contribution >= 0.6 is 0 Å². The third-order valence-corrected chi connectivity index (χ3v) is 5.16. The molecule has 5 heteroatoms. The number of hydrogen-bond donors (Lipinski definition) is 1. The third kappa shape index (κ3) is 4.18. The molecule has 2 atom stereocenters. The van der Waals surface area contributed by atoms with Crippen molar-refractivity contribution in [2.24, 2.45) is 5.92 Å². The van der Waals surface area contributed by atoms with Crippen molar-refractivity contribution in [2.75, 3.05) is 26.3 Å². The van der Waals surface area contributed by atoms with E-state index in [2.05, 4.69) is 22.2 Å². The van der Waals surface area contributed by atoms with Crippen molar-refractivity contribution in [3.63, 3.8) is 0 Å². The molecule has 0 amide bonds. The summed E-state index contributed by atoms with van der Waals surface area (Å²) in [6, 6.07) is 2.03. The molecule has 2 fully saturated rings. The minimum Gasteiger partial charge on any atom is -0.493 e. The lowest BCUT2D eigenvalue weighted by atomic mass is 10.0. The van der Waals surface area contributed by atoms with E-state index in [4.69, 9.17) is 9.47 Å². The number of hydrogen-bond acceptors (Lipinski definition) is 4. The monoisotopic (exact) mass is 353 g/mol. The average Bonchev–Trinajstić information content (AvgIpc) is 3.07. The number of nitrogens with one attached hydrogen (secondary N) is 1. The molecule has 2 saturated heterocycles. The Hall–Kier alpha value is -2.07. The second kappa shape index (κ2) is 8.54. The fourth-order valence-corrected chi connectivity index (χ4v) is 3.69. The molecule has 5 nitrogen and oxygen atoms in total. The van der Waals surface area contributed by atoms with E-state index < -0.39 is 0 Å². The van der Waals surface area contributed by atoms with Gasteiger partial charge in [0.25, 0.3) is 0 Å². The van der Waals surface area contributed by atoms with Gasteiger partial charge in [0.15, 0.2) is 6.23 Å². The summed E-state index contributed by atoms with van der Waals surface area (Å²) < 4.78 is 13.9. The Balaban J connectivity index is 1.41. The lowest BCUT2D eigenvalue weighted by molar-refractivity contribution is -0.0399. The first kappa shape index (κ1) is 17.3. The summed E-state index contributed by atoms with van der Waals surface area (Å²) in [6.07, 6.45) is 15.7. The zero-order valence-electron chi connectivity index (χ0n) is 15.2. The molecule has 2 aliphatic heterocycles. The maximum Gasteiger partial charge on any atom is 0.150 e. The molecule has 4 rings (SSSR count). The minimum atomic E-state index is 0.0298. The number of rotatable bonds is 5. The number of nitrogens with zero attached hydrogens (tertiary/aromatic N) is 2. The minimum absolute atomic E-state index is 0.0298. The SMILES string of the molecule is C1=CC=C(OCC2CCCNC2)C=CC=1c1ccnn1C1CCCCO1. The summed E-state index contributed by atoms with van der Waals surface area (Å²) in [5.41, 5.74) is 5.39. The summed E-state index contributed by atoms with van der Waals surface area (Å²) >= 11 is 0. The first-order chi connectivity index (χ1) is 12.9. The summed E-state index contributed by atoms with van der Waals surface area (Å²) in [6.45, 7) is 3.76. The predicted molar refractivity (Wildman–Crippen MR) is 101 cm³/mol. The van der Waals surface area contributed by atoms with Crippen LogP contribution in [0, 0.1) is 5.92 Å². The van der Waals surface area contributed by atoms with Gasteiger partial charge in [0.1, 0.15) is 5.76 Å². The van der Waals surface area contributed by atoms with E-state index in [9.17, 15) is 0 Å². The van der Waals surface area contributed by atoms with E-state index in [0.717, 1.165) is 56.2 Å². The lowest BCUT2D eigenvalue weighted by Crippen LogP contribution is -2.32. The van der Waals surface area contributed by atoms with Crippen molar-refractivity contribution < 1.29 is 9.47 Å². The second-order valence-corrected chi connectivity index (χ2v) is 7.13. The van der Waals surface area contributed by atoms with Gasteiger partial charge in [-0.3, -0.25) is 0 Å². The van der Waals surface area contributed by atoms with Crippen molar-refractivity contribution in [1.82, 2.24) is 15.1 Å². The standard InChI is InChI=1S/C21H27N3O2/c1-2-14-25-21(8-1)24-20(11-13-23-24)18-6-3-7-19(10-9-18)26-16-17-5-4-12-22-15-17/h3,7,9-11,13,17,21-22H,1-2,4-5,8,12,14-16H2. The first-order valence-corrected chi connectivity index (χ1v) is 9.74. The second-order valence-electron chi connectivity index (χ2n) is 7.13. The van der Waals surface area contributed by atoms with Gasteiger partial charge >= 0.3 is 0 Å². The van der Waals surface area contributed by atoms with E-state index in [0.29, 0.717) is 5.92 Å². The molecular formula is C21H27N3O2. The fraction of sp³-hybridized carbons (Fsp3) is 0.524.